The van der Waals surface area contributed by atoms with Crippen LogP contribution in [0.4, 0.5) is 5.69 Å². The molecule has 132 valence electrons. The molecule has 1 N–H and O–H groups in total. The molecule has 3 rings (SSSR count). The molecular weight excluding hydrogens is 327 g/mol. The molecule has 6 nitrogen and oxygen atoms in total. The minimum absolute atomic E-state index is 0.0828. The van der Waals surface area contributed by atoms with Crippen molar-refractivity contribution in [3.63, 3.8) is 0 Å². The van der Waals surface area contributed by atoms with Crippen LogP contribution in [0.15, 0.2) is 24.3 Å². The van der Waals surface area contributed by atoms with E-state index in [9.17, 15) is 9.00 Å². The van der Waals surface area contributed by atoms with Crippen molar-refractivity contribution in [3.05, 3.63) is 24.3 Å². The number of carbonyl (C=O) groups excluding carboxylic acids is 1. The highest BCUT2D eigenvalue weighted by atomic mass is 32.2. The topological polar surface area (TPSA) is 67.9 Å². The first-order chi connectivity index (χ1) is 11.2. The highest BCUT2D eigenvalue weighted by molar-refractivity contribution is 7.85. The molecule has 2 aliphatic rings. The van der Waals surface area contributed by atoms with Gasteiger partial charge in [0.2, 0.25) is 11.2 Å². The van der Waals surface area contributed by atoms with Gasteiger partial charge >= 0.3 is 7.12 Å². The van der Waals surface area contributed by atoms with Crippen LogP contribution < -0.4 is 14.5 Å². The first-order valence-electron chi connectivity index (χ1n) is 8.14. The smallest absolute Gasteiger partial charge is 0.399 e. The summed E-state index contributed by atoms with van der Waals surface area (Å²) in [4.78, 5) is 11.4. The predicted molar refractivity (Wildman–Crippen MR) is 97.1 cm³/mol. The summed E-state index contributed by atoms with van der Waals surface area (Å²) >= 11 is -1.53. The molecule has 2 aliphatic heterocycles. The number of hydrogen-bond acceptors (Lipinski definition) is 4. The Bertz CT molecular complexity index is 635. The van der Waals surface area contributed by atoms with Crippen molar-refractivity contribution >= 4 is 35.3 Å². The first-order valence-corrected chi connectivity index (χ1v) is 9.25. The molecule has 1 aromatic carbocycles. The maximum atomic E-state index is 11.9. The molecule has 2 heterocycles. The van der Waals surface area contributed by atoms with Crippen LogP contribution in [0.5, 0.6) is 0 Å². The van der Waals surface area contributed by atoms with Crippen molar-refractivity contribution in [1.82, 2.24) is 4.72 Å². The zero-order chi connectivity index (χ0) is 18.1. The monoisotopic (exact) mass is 352 g/mol. The van der Waals surface area contributed by atoms with Gasteiger partial charge in [-0.05, 0) is 45.3 Å². The van der Waals surface area contributed by atoms with Gasteiger partial charge in [0.15, 0.2) is 0 Å². The Labute approximate surface area is 146 Å². The molecule has 2 fully saturated rings. The quantitative estimate of drug-likeness (QED) is 0.820. The SMILES string of the molecule is CC.CC1(C)OB(c2cccc(N3CC(=O)NS3=O)c2)OC1(C)C. The Morgan fingerprint density at radius 3 is 2.25 bits per heavy atom. The average molecular weight is 352 g/mol. The van der Waals surface area contributed by atoms with Gasteiger partial charge in [-0.1, -0.05) is 26.0 Å². The molecule has 1 amide bonds. The van der Waals surface area contributed by atoms with Crippen molar-refractivity contribution in [1.29, 1.82) is 0 Å². The molecule has 0 saturated carbocycles. The predicted octanol–water partition coefficient (Wildman–Crippen LogP) is 1.53. The van der Waals surface area contributed by atoms with Gasteiger partial charge in [0.05, 0.1) is 16.9 Å². The lowest BCUT2D eigenvalue weighted by Gasteiger charge is -2.32. The van der Waals surface area contributed by atoms with Gasteiger partial charge in [0, 0.05) is 0 Å². The summed E-state index contributed by atoms with van der Waals surface area (Å²) in [7, 11) is -0.482. The summed E-state index contributed by atoms with van der Waals surface area (Å²) in [5, 5.41) is 0. The van der Waals surface area contributed by atoms with Crippen molar-refractivity contribution in [2.75, 3.05) is 10.8 Å². The van der Waals surface area contributed by atoms with Crippen molar-refractivity contribution in [2.24, 2.45) is 0 Å². The first kappa shape index (κ1) is 19.0. The van der Waals surface area contributed by atoms with E-state index in [1.807, 2.05) is 65.8 Å². The number of nitrogens with one attached hydrogen (secondary N) is 1. The van der Waals surface area contributed by atoms with E-state index in [-0.39, 0.29) is 12.5 Å². The van der Waals surface area contributed by atoms with Crippen molar-refractivity contribution in [2.45, 2.75) is 52.7 Å². The van der Waals surface area contributed by atoms with E-state index in [1.54, 1.807) is 0 Å². The number of hydrogen-bond donors (Lipinski definition) is 1. The molecule has 1 aromatic rings. The van der Waals surface area contributed by atoms with Crippen LogP contribution in [0.1, 0.15) is 41.5 Å². The Morgan fingerprint density at radius 1 is 1.17 bits per heavy atom. The van der Waals surface area contributed by atoms with Crippen molar-refractivity contribution < 1.29 is 18.3 Å². The lowest BCUT2D eigenvalue weighted by Crippen LogP contribution is -2.41. The molecule has 8 heteroatoms. The summed E-state index contributed by atoms with van der Waals surface area (Å²) < 4.78 is 27.8. The molecule has 2 saturated heterocycles. The van der Waals surface area contributed by atoms with E-state index >= 15 is 0 Å². The number of benzene rings is 1. The fraction of sp³-hybridized carbons (Fsp3) is 0.562. The van der Waals surface area contributed by atoms with Crippen LogP contribution in [-0.2, 0) is 25.3 Å². The molecule has 24 heavy (non-hydrogen) atoms. The zero-order valence-electron chi connectivity index (χ0n) is 15.1. The van der Waals surface area contributed by atoms with Gasteiger partial charge in [-0.3, -0.25) is 13.8 Å². The Morgan fingerprint density at radius 2 is 1.75 bits per heavy atom. The van der Waals surface area contributed by atoms with Crippen LogP contribution in [-0.4, -0.2) is 35.0 Å². The maximum absolute atomic E-state index is 11.9. The lowest BCUT2D eigenvalue weighted by molar-refractivity contribution is -0.117. The van der Waals surface area contributed by atoms with E-state index in [0.717, 1.165) is 5.46 Å². The van der Waals surface area contributed by atoms with Crippen LogP contribution in [0, 0.1) is 0 Å². The van der Waals surface area contributed by atoms with E-state index in [4.69, 9.17) is 9.31 Å². The third kappa shape index (κ3) is 3.50. The summed E-state index contributed by atoms with van der Waals surface area (Å²) in [6, 6.07) is 7.41. The van der Waals surface area contributed by atoms with Crippen LogP contribution >= 0.6 is 0 Å². The van der Waals surface area contributed by atoms with Gasteiger partial charge < -0.3 is 9.31 Å². The summed E-state index contributed by atoms with van der Waals surface area (Å²) in [6.45, 7) is 12.1. The zero-order valence-corrected chi connectivity index (χ0v) is 15.9. The number of carbonyl (C=O) groups is 1. The van der Waals surface area contributed by atoms with Crippen molar-refractivity contribution in [3.8, 4) is 0 Å². The number of rotatable bonds is 2. The summed E-state index contributed by atoms with van der Waals surface area (Å²) in [5.41, 5.74) is 0.708. The molecule has 0 aromatic heterocycles. The highest BCUT2D eigenvalue weighted by Crippen LogP contribution is 2.36. The normalized spacial score (nSPS) is 24.4. The van der Waals surface area contributed by atoms with Crippen LogP contribution in [0.3, 0.4) is 0 Å². The van der Waals surface area contributed by atoms with Gasteiger partial charge in [-0.25, -0.2) is 4.21 Å². The van der Waals surface area contributed by atoms with E-state index in [0.29, 0.717) is 5.69 Å². The Kier molecular flexibility index (Phi) is 5.42. The van der Waals surface area contributed by atoms with Crippen LogP contribution in [0.2, 0.25) is 0 Å². The van der Waals surface area contributed by atoms with E-state index in [2.05, 4.69) is 4.72 Å². The average Bonchev–Trinajstić information content (AvgIpc) is 2.97. The number of amides is 1. The second-order valence-corrected chi connectivity index (χ2v) is 7.64. The van der Waals surface area contributed by atoms with Gasteiger partial charge in [0.1, 0.15) is 6.54 Å². The molecule has 0 aliphatic carbocycles. The molecular formula is C16H25BN2O4S. The second kappa shape index (κ2) is 6.86. The third-order valence-corrected chi connectivity index (χ3v) is 5.51. The fourth-order valence-electron chi connectivity index (χ4n) is 2.37. The van der Waals surface area contributed by atoms with Crippen LogP contribution in [0.25, 0.3) is 0 Å². The number of nitrogens with zero attached hydrogens (tertiary/aromatic N) is 1. The highest BCUT2D eigenvalue weighted by Gasteiger charge is 2.51. The molecule has 0 bridgehead atoms. The molecule has 1 atom stereocenters. The lowest BCUT2D eigenvalue weighted by atomic mass is 9.79. The third-order valence-electron chi connectivity index (χ3n) is 4.37. The standard InChI is InChI=1S/C14H19BN2O4S.C2H6/c1-13(2)14(3,4)21-15(20-13)10-6-5-7-11(8-10)17-9-12(18)16-22(17)19;1-2/h5-8H,9H2,1-4H3,(H,16,18);1-2H3. The van der Waals surface area contributed by atoms with E-state index in [1.165, 1.54) is 4.31 Å². The minimum atomic E-state index is -1.53. The van der Waals surface area contributed by atoms with Gasteiger partial charge in [-0.15, -0.1) is 0 Å². The Balaban J connectivity index is 0.00000100. The Hall–Kier alpha value is -1.38. The van der Waals surface area contributed by atoms with E-state index < -0.39 is 29.5 Å². The molecule has 1 unspecified atom stereocenters. The molecule has 0 spiro atoms. The fourth-order valence-corrected chi connectivity index (χ4v) is 3.28. The summed E-state index contributed by atoms with van der Waals surface area (Å²) in [5.74, 6) is -0.251. The number of anilines is 1. The largest absolute Gasteiger partial charge is 0.494 e. The maximum Gasteiger partial charge on any atom is 0.494 e. The second-order valence-electron chi connectivity index (χ2n) is 6.49. The van der Waals surface area contributed by atoms with Gasteiger partial charge in [0.25, 0.3) is 5.91 Å². The van der Waals surface area contributed by atoms with Gasteiger partial charge in [-0.2, -0.15) is 0 Å². The summed E-state index contributed by atoms with van der Waals surface area (Å²) in [6.07, 6.45) is 0. The molecule has 0 radical (unpaired) electrons. The minimum Gasteiger partial charge on any atom is -0.399 e.